The lowest BCUT2D eigenvalue weighted by Crippen LogP contribution is -2.25. The number of hydrogen-bond acceptors (Lipinski definition) is 4. The van der Waals surface area contributed by atoms with Crippen LogP contribution in [0.5, 0.6) is 5.75 Å². The molecule has 116 valence electrons. The summed E-state index contributed by atoms with van der Waals surface area (Å²) in [5, 5.41) is 13.6. The molecule has 2 aromatic rings. The molecule has 6 heteroatoms. The third-order valence-electron chi connectivity index (χ3n) is 3.47. The average molecular weight is 310 g/mol. The van der Waals surface area contributed by atoms with Gasteiger partial charge in [0, 0.05) is 12.1 Å². The first-order chi connectivity index (χ1) is 11.0. The van der Waals surface area contributed by atoms with Crippen molar-refractivity contribution in [3.8, 4) is 5.75 Å². The number of aryl methyl sites for hydroxylation is 1. The number of ether oxygens (including phenoxy) is 1. The zero-order valence-electron chi connectivity index (χ0n) is 12.4. The van der Waals surface area contributed by atoms with Crippen LogP contribution >= 0.6 is 0 Å². The minimum atomic E-state index is -0.423. The maximum atomic E-state index is 11.4. The Morgan fingerprint density at radius 1 is 1.22 bits per heavy atom. The molecule has 1 amide bonds. The van der Waals surface area contributed by atoms with E-state index in [-0.39, 0.29) is 18.2 Å². The Morgan fingerprint density at radius 2 is 2.00 bits per heavy atom. The Kier molecular flexibility index (Phi) is 3.80. The number of nitro benzene ring substituents is 1. The normalized spacial score (nSPS) is 13.3. The smallest absolute Gasteiger partial charge is 0.270 e. The summed E-state index contributed by atoms with van der Waals surface area (Å²) in [4.78, 5) is 21.8. The summed E-state index contributed by atoms with van der Waals surface area (Å²) < 4.78 is 5.42. The number of nitrogens with zero attached hydrogens (tertiary/aromatic N) is 1. The van der Waals surface area contributed by atoms with Gasteiger partial charge in [-0.3, -0.25) is 14.9 Å². The maximum absolute atomic E-state index is 11.4. The molecule has 2 aromatic carbocycles. The molecule has 0 aliphatic carbocycles. The Hall–Kier alpha value is -3.15. The molecule has 6 nitrogen and oxygen atoms in total. The van der Waals surface area contributed by atoms with Gasteiger partial charge < -0.3 is 10.1 Å². The van der Waals surface area contributed by atoms with E-state index in [4.69, 9.17) is 4.74 Å². The van der Waals surface area contributed by atoms with E-state index in [1.54, 1.807) is 18.2 Å². The largest absolute Gasteiger partial charge is 0.481 e. The van der Waals surface area contributed by atoms with E-state index in [1.807, 2.05) is 25.1 Å². The van der Waals surface area contributed by atoms with Crippen LogP contribution in [0.2, 0.25) is 0 Å². The van der Waals surface area contributed by atoms with Gasteiger partial charge in [-0.25, -0.2) is 0 Å². The second-order valence-electron chi connectivity index (χ2n) is 5.24. The van der Waals surface area contributed by atoms with E-state index >= 15 is 0 Å². The first kappa shape index (κ1) is 14.8. The van der Waals surface area contributed by atoms with Crippen LogP contribution < -0.4 is 10.1 Å². The quantitative estimate of drug-likeness (QED) is 0.535. The maximum Gasteiger partial charge on any atom is 0.270 e. The van der Waals surface area contributed by atoms with Gasteiger partial charge in [-0.15, -0.1) is 0 Å². The number of hydrogen-bond donors (Lipinski definition) is 1. The van der Waals surface area contributed by atoms with Crippen LogP contribution in [0.1, 0.15) is 16.7 Å². The van der Waals surface area contributed by atoms with Crippen LogP contribution in [0.3, 0.4) is 0 Å². The van der Waals surface area contributed by atoms with E-state index in [9.17, 15) is 14.9 Å². The topological polar surface area (TPSA) is 81.5 Å². The fraction of sp³-hybridized carbons (Fsp3) is 0.118. The molecule has 3 rings (SSSR count). The van der Waals surface area contributed by atoms with E-state index in [1.165, 1.54) is 12.1 Å². The number of nitro groups is 1. The number of amides is 1. The van der Waals surface area contributed by atoms with Crippen molar-refractivity contribution in [3.05, 3.63) is 63.2 Å². The number of benzene rings is 2. The summed E-state index contributed by atoms with van der Waals surface area (Å²) in [5.41, 5.74) is 3.21. The molecule has 0 saturated carbocycles. The molecule has 0 aromatic heterocycles. The van der Waals surface area contributed by atoms with Crippen molar-refractivity contribution in [2.75, 3.05) is 11.9 Å². The van der Waals surface area contributed by atoms with Gasteiger partial charge in [-0.1, -0.05) is 24.3 Å². The fourth-order valence-corrected chi connectivity index (χ4v) is 2.44. The lowest BCUT2D eigenvalue weighted by molar-refractivity contribution is -0.384. The summed E-state index contributed by atoms with van der Waals surface area (Å²) in [6, 6.07) is 10.1. The Balaban J connectivity index is 1.90. The molecule has 1 heterocycles. The van der Waals surface area contributed by atoms with Crippen LogP contribution in [0.15, 0.2) is 36.4 Å². The summed E-state index contributed by atoms with van der Waals surface area (Å²) in [6.07, 6.45) is 3.63. The standard InChI is InChI=1S/C17H14N2O4/c1-11-7-13(9-15-17(11)23-10-16(20)18-15)6-5-12-3-2-4-14(8-12)19(21)22/h2-9H,10H2,1H3,(H,18,20). The highest BCUT2D eigenvalue weighted by molar-refractivity contribution is 5.96. The molecule has 1 aliphatic rings. The highest BCUT2D eigenvalue weighted by Gasteiger charge is 2.18. The first-order valence-electron chi connectivity index (χ1n) is 7.03. The van der Waals surface area contributed by atoms with Gasteiger partial charge in [0.05, 0.1) is 10.6 Å². The number of rotatable bonds is 3. The van der Waals surface area contributed by atoms with Crippen molar-refractivity contribution in [1.82, 2.24) is 0 Å². The van der Waals surface area contributed by atoms with Gasteiger partial charge in [0.15, 0.2) is 6.61 Å². The number of non-ortho nitro benzene ring substituents is 1. The molecule has 0 radical (unpaired) electrons. The Bertz CT molecular complexity index is 827. The average Bonchev–Trinajstić information content (AvgIpc) is 2.52. The number of anilines is 1. The summed E-state index contributed by atoms with van der Waals surface area (Å²) >= 11 is 0. The predicted molar refractivity (Wildman–Crippen MR) is 87.3 cm³/mol. The summed E-state index contributed by atoms with van der Waals surface area (Å²) in [5.74, 6) is 0.494. The van der Waals surface area contributed by atoms with Crippen molar-refractivity contribution in [2.45, 2.75) is 6.92 Å². The number of carbonyl (C=O) groups excluding carboxylic acids is 1. The van der Waals surface area contributed by atoms with E-state index < -0.39 is 4.92 Å². The third-order valence-corrected chi connectivity index (χ3v) is 3.47. The predicted octanol–water partition coefficient (Wildman–Crippen LogP) is 3.40. The highest BCUT2D eigenvalue weighted by atomic mass is 16.6. The molecular weight excluding hydrogens is 296 g/mol. The Labute approximate surface area is 132 Å². The van der Waals surface area contributed by atoms with Gasteiger partial charge in [0.25, 0.3) is 11.6 Å². The minimum absolute atomic E-state index is 0.0245. The monoisotopic (exact) mass is 310 g/mol. The molecule has 0 fully saturated rings. The SMILES string of the molecule is Cc1cc(C=Cc2cccc([N+](=O)[O-])c2)cc2c1OCC(=O)N2. The molecule has 23 heavy (non-hydrogen) atoms. The molecule has 0 spiro atoms. The zero-order valence-corrected chi connectivity index (χ0v) is 12.4. The van der Waals surface area contributed by atoms with Crippen molar-refractivity contribution >= 4 is 29.4 Å². The van der Waals surface area contributed by atoms with Crippen molar-refractivity contribution < 1.29 is 14.5 Å². The van der Waals surface area contributed by atoms with Crippen molar-refractivity contribution in [2.24, 2.45) is 0 Å². The van der Waals surface area contributed by atoms with Crippen molar-refractivity contribution in [1.29, 1.82) is 0 Å². The lowest BCUT2D eigenvalue weighted by atomic mass is 10.1. The van der Waals surface area contributed by atoms with Gasteiger partial charge >= 0.3 is 0 Å². The minimum Gasteiger partial charge on any atom is -0.481 e. The zero-order chi connectivity index (χ0) is 16.4. The molecule has 0 saturated heterocycles. The van der Waals surface area contributed by atoms with Gasteiger partial charge in [0.1, 0.15) is 5.75 Å². The second-order valence-corrected chi connectivity index (χ2v) is 5.24. The van der Waals surface area contributed by atoms with Gasteiger partial charge in [-0.2, -0.15) is 0 Å². The van der Waals surface area contributed by atoms with Crippen molar-refractivity contribution in [3.63, 3.8) is 0 Å². The van der Waals surface area contributed by atoms with E-state index in [2.05, 4.69) is 5.32 Å². The summed E-state index contributed by atoms with van der Waals surface area (Å²) in [7, 11) is 0. The summed E-state index contributed by atoms with van der Waals surface area (Å²) in [6.45, 7) is 1.93. The molecule has 0 unspecified atom stereocenters. The number of carbonyl (C=O) groups is 1. The van der Waals surface area contributed by atoms with E-state index in [0.717, 1.165) is 16.7 Å². The van der Waals surface area contributed by atoms with Crippen LogP contribution in [0.4, 0.5) is 11.4 Å². The first-order valence-corrected chi connectivity index (χ1v) is 7.03. The van der Waals surface area contributed by atoms with Gasteiger partial charge in [0.2, 0.25) is 0 Å². The van der Waals surface area contributed by atoms with Crippen LogP contribution in [-0.2, 0) is 4.79 Å². The van der Waals surface area contributed by atoms with Crippen LogP contribution in [0, 0.1) is 17.0 Å². The second kappa shape index (κ2) is 5.92. The molecule has 1 N–H and O–H groups in total. The van der Waals surface area contributed by atoms with Crippen LogP contribution in [0.25, 0.3) is 12.2 Å². The third kappa shape index (κ3) is 3.21. The number of fused-ring (bicyclic) bond motifs is 1. The lowest BCUT2D eigenvalue weighted by Gasteiger charge is -2.20. The van der Waals surface area contributed by atoms with E-state index in [0.29, 0.717) is 11.4 Å². The number of nitrogens with one attached hydrogen (secondary N) is 1. The fourth-order valence-electron chi connectivity index (χ4n) is 2.44. The molecule has 1 aliphatic heterocycles. The molecular formula is C17H14N2O4. The van der Waals surface area contributed by atoms with Crippen LogP contribution in [-0.4, -0.2) is 17.4 Å². The highest BCUT2D eigenvalue weighted by Crippen LogP contribution is 2.33. The molecule has 0 bridgehead atoms. The Morgan fingerprint density at radius 3 is 2.78 bits per heavy atom. The van der Waals surface area contributed by atoms with Gasteiger partial charge in [-0.05, 0) is 35.7 Å². The molecule has 0 atom stereocenters.